The Bertz CT molecular complexity index is 128. The van der Waals surface area contributed by atoms with Crippen LogP contribution in [0.3, 0.4) is 0 Å². The Labute approximate surface area is 80.3 Å². The Balaban J connectivity index is 3.11. The van der Waals surface area contributed by atoms with Crippen LogP contribution in [0.25, 0.3) is 0 Å². The molecule has 0 radical (unpaired) electrons. The minimum Gasteiger partial charge on any atom is -0.338 e. The van der Waals surface area contributed by atoms with Crippen molar-refractivity contribution < 1.29 is 4.79 Å². The normalized spacial score (nSPS) is 9.69. The predicted octanol–water partition coefficient (Wildman–Crippen LogP) is 0.825. The summed E-state index contributed by atoms with van der Waals surface area (Å²) in [6.45, 7) is 4.27. The van der Waals surface area contributed by atoms with E-state index in [1.807, 2.05) is 0 Å². The Morgan fingerprint density at radius 3 is 2.31 bits per heavy atom. The lowest BCUT2D eigenvalue weighted by atomic mass is 10.3. The summed E-state index contributed by atoms with van der Waals surface area (Å²) in [5.74, 6) is 0. The first kappa shape index (κ1) is 12.2. The number of nitrogens with one attached hydrogen (secondary N) is 2. The summed E-state index contributed by atoms with van der Waals surface area (Å²) < 4.78 is 0. The van der Waals surface area contributed by atoms with E-state index >= 15 is 0 Å². The zero-order valence-corrected chi connectivity index (χ0v) is 8.44. The van der Waals surface area contributed by atoms with Gasteiger partial charge in [0.15, 0.2) is 0 Å². The summed E-state index contributed by atoms with van der Waals surface area (Å²) in [6, 6.07) is -0.0644. The van der Waals surface area contributed by atoms with Crippen LogP contribution in [0, 0.1) is 0 Å². The third kappa shape index (κ3) is 9.14. The summed E-state index contributed by atoms with van der Waals surface area (Å²) in [7, 11) is 0. The van der Waals surface area contributed by atoms with Crippen molar-refractivity contribution in [1.82, 2.24) is 10.6 Å². The highest BCUT2D eigenvalue weighted by Crippen LogP contribution is 1.84. The van der Waals surface area contributed by atoms with E-state index in [-0.39, 0.29) is 6.03 Å². The van der Waals surface area contributed by atoms with E-state index in [1.165, 1.54) is 0 Å². The van der Waals surface area contributed by atoms with Gasteiger partial charge in [-0.1, -0.05) is 13.3 Å². The van der Waals surface area contributed by atoms with Crippen LogP contribution >= 0.6 is 0 Å². The topological polar surface area (TPSA) is 67.2 Å². The Hall–Kier alpha value is -0.770. The van der Waals surface area contributed by atoms with Crippen LogP contribution in [0.15, 0.2) is 0 Å². The van der Waals surface area contributed by atoms with Gasteiger partial charge in [-0.15, -0.1) is 0 Å². The summed E-state index contributed by atoms with van der Waals surface area (Å²) in [5.41, 5.74) is 5.32. The Morgan fingerprint density at radius 1 is 1.15 bits per heavy atom. The zero-order chi connectivity index (χ0) is 9.94. The molecule has 0 heterocycles. The molecule has 0 fully saturated rings. The number of hydrogen-bond donors (Lipinski definition) is 3. The van der Waals surface area contributed by atoms with Crippen molar-refractivity contribution in [3.8, 4) is 0 Å². The molecule has 4 nitrogen and oxygen atoms in total. The molecule has 0 rings (SSSR count). The van der Waals surface area contributed by atoms with Crippen LogP contribution < -0.4 is 16.4 Å². The number of rotatable bonds is 7. The van der Waals surface area contributed by atoms with Crippen molar-refractivity contribution in [2.75, 3.05) is 19.6 Å². The number of amides is 2. The fourth-order valence-corrected chi connectivity index (χ4v) is 0.912. The van der Waals surface area contributed by atoms with Crippen LogP contribution in [0.5, 0.6) is 0 Å². The second-order valence-corrected chi connectivity index (χ2v) is 3.03. The van der Waals surface area contributed by atoms with E-state index in [1.54, 1.807) is 0 Å². The third-order valence-electron chi connectivity index (χ3n) is 1.73. The van der Waals surface area contributed by atoms with Crippen molar-refractivity contribution in [2.24, 2.45) is 5.73 Å². The molecule has 0 aromatic heterocycles. The number of carbonyl (C=O) groups is 1. The number of unbranched alkanes of at least 4 members (excludes halogenated alkanes) is 2. The van der Waals surface area contributed by atoms with E-state index in [9.17, 15) is 4.79 Å². The van der Waals surface area contributed by atoms with Gasteiger partial charge < -0.3 is 16.4 Å². The molecule has 78 valence electrons. The lowest BCUT2D eigenvalue weighted by Gasteiger charge is -2.05. The van der Waals surface area contributed by atoms with Gasteiger partial charge in [0.25, 0.3) is 0 Å². The van der Waals surface area contributed by atoms with Gasteiger partial charge in [0.1, 0.15) is 0 Å². The molecular weight excluding hydrogens is 166 g/mol. The second kappa shape index (κ2) is 9.32. The van der Waals surface area contributed by atoms with Gasteiger partial charge in [-0.25, -0.2) is 4.79 Å². The van der Waals surface area contributed by atoms with Gasteiger partial charge in [-0.2, -0.15) is 0 Å². The summed E-state index contributed by atoms with van der Waals surface area (Å²) in [4.78, 5) is 11.0. The van der Waals surface area contributed by atoms with Crippen molar-refractivity contribution >= 4 is 6.03 Å². The lowest BCUT2D eigenvalue weighted by molar-refractivity contribution is 0.240. The quantitative estimate of drug-likeness (QED) is 0.517. The number of carbonyl (C=O) groups excluding carboxylic acids is 1. The third-order valence-corrected chi connectivity index (χ3v) is 1.73. The van der Waals surface area contributed by atoms with E-state index in [0.29, 0.717) is 6.54 Å². The first-order valence-corrected chi connectivity index (χ1v) is 5.03. The minimum atomic E-state index is -0.0644. The highest BCUT2D eigenvalue weighted by atomic mass is 16.2. The predicted molar refractivity (Wildman–Crippen MR) is 54.6 cm³/mol. The molecule has 13 heavy (non-hydrogen) atoms. The first-order valence-electron chi connectivity index (χ1n) is 5.03. The average molecular weight is 187 g/mol. The number of urea groups is 1. The van der Waals surface area contributed by atoms with Gasteiger partial charge in [-0.05, 0) is 25.8 Å². The molecule has 0 spiro atoms. The summed E-state index contributed by atoms with van der Waals surface area (Å²) in [6.07, 6.45) is 4.07. The molecule has 0 saturated carbocycles. The van der Waals surface area contributed by atoms with Crippen LogP contribution in [0.1, 0.15) is 32.6 Å². The maximum absolute atomic E-state index is 11.0. The van der Waals surface area contributed by atoms with E-state index in [4.69, 9.17) is 5.73 Å². The molecule has 0 aromatic carbocycles. The van der Waals surface area contributed by atoms with Gasteiger partial charge in [0.05, 0.1) is 0 Å². The molecule has 0 atom stereocenters. The molecule has 0 saturated heterocycles. The van der Waals surface area contributed by atoms with Gasteiger partial charge in [0.2, 0.25) is 0 Å². The van der Waals surface area contributed by atoms with Crippen molar-refractivity contribution in [1.29, 1.82) is 0 Å². The maximum Gasteiger partial charge on any atom is 0.314 e. The molecule has 4 N–H and O–H groups in total. The van der Waals surface area contributed by atoms with Crippen LogP contribution in [0.4, 0.5) is 4.79 Å². The molecule has 0 unspecified atom stereocenters. The minimum absolute atomic E-state index is 0.0644. The molecular formula is C9H21N3O. The zero-order valence-electron chi connectivity index (χ0n) is 8.44. The molecule has 4 heteroatoms. The average Bonchev–Trinajstić information content (AvgIpc) is 2.13. The standard InChI is InChI=1S/C9H21N3O/c1-2-3-7-11-9(13)12-8-5-4-6-10/h2-8,10H2,1H3,(H2,11,12,13). The SMILES string of the molecule is CCCCNC(=O)NCCCCN. The van der Waals surface area contributed by atoms with E-state index < -0.39 is 0 Å². The van der Waals surface area contributed by atoms with Gasteiger partial charge in [0, 0.05) is 13.1 Å². The maximum atomic E-state index is 11.0. The molecule has 0 aliphatic rings. The Kier molecular flexibility index (Phi) is 8.77. The van der Waals surface area contributed by atoms with Crippen molar-refractivity contribution in [3.05, 3.63) is 0 Å². The lowest BCUT2D eigenvalue weighted by Crippen LogP contribution is -2.36. The largest absolute Gasteiger partial charge is 0.338 e. The van der Waals surface area contributed by atoms with Crippen LogP contribution in [-0.4, -0.2) is 25.7 Å². The first-order chi connectivity index (χ1) is 6.31. The highest BCUT2D eigenvalue weighted by Gasteiger charge is 1.96. The number of nitrogens with two attached hydrogens (primary N) is 1. The molecule has 0 bridgehead atoms. The van der Waals surface area contributed by atoms with Gasteiger partial charge in [-0.3, -0.25) is 0 Å². The van der Waals surface area contributed by atoms with E-state index in [2.05, 4.69) is 17.6 Å². The Morgan fingerprint density at radius 2 is 1.77 bits per heavy atom. The smallest absolute Gasteiger partial charge is 0.314 e. The van der Waals surface area contributed by atoms with Crippen molar-refractivity contribution in [2.45, 2.75) is 32.6 Å². The number of hydrogen-bond acceptors (Lipinski definition) is 2. The van der Waals surface area contributed by atoms with Crippen LogP contribution in [0.2, 0.25) is 0 Å². The summed E-state index contributed by atoms with van der Waals surface area (Å²) >= 11 is 0. The van der Waals surface area contributed by atoms with Crippen molar-refractivity contribution in [3.63, 3.8) is 0 Å². The monoisotopic (exact) mass is 187 g/mol. The fourth-order valence-electron chi connectivity index (χ4n) is 0.912. The molecule has 2 amide bonds. The molecule has 0 aliphatic carbocycles. The molecule has 0 aromatic rings. The van der Waals surface area contributed by atoms with E-state index in [0.717, 1.165) is 38.8 Å². The highest BCUT2D eigenvalue weighted by molar-refractivity contribution is 5.73. The van der Waals surface area contributed by atoms with Crippen LogP contribution in [-0.2, 0) is 0 Å². The summed E-state index contributed by atoms with van der Waals surface area (Å²) in [5, 5.41) is 5.55. The van der Waals surface area contributed by atoms with Gasteiger partial charge >= 0.3 is 6.03 Å². The fraction of sp³-hybridized carbons (Fsp3) is 0.889. The second-order valence-electron chi connectivity index (χ2n) is 3.03. The molecule has 0 aliphatic heterocycles.